The Morgan fingerprint density at radius 1 is 1.09 bits per heavy atom. The van der Waals surface area contributed by atoms with Crippen molar-refractivity contribution in [3.05, 3.63) is 67.2 Å². The van der Waals surface area contributed by atoms with Gasteiger partial charge in [-0.15, -0.1) is 0 Å². The smallest absolute Gasteiger partial charge is 0.231 e. The van der Waals surface area contributed by atoms with Gasteiger partial charge in [-0.1, -0.05) is 49.1 Å². The van der Waals surface area contributed by atoms with Crippen LogP contribution in [0.1, 0.15) is 12.6 Å². The third-order valence-electron chi connectivity index (χ3n) is 3.83. The summed E-state index contributed by atoms with van der Waals surface area (Å²) in [6.45, 7) is 6.06. The molecule has 0 amide bonds. The lowest BCUT2D eigenvalue weighted by Gasteiger charge is -2.01. The summed E-state index contributed by atoms with van der Waals surface area (Å²) in [6.07, 6.45) is 5.42. The number of aromatic nitrogens is 2. The molecule has 0 saturated carbocycles. The summed E-state index contributed by atoms with van der Waals surface area (Å²) in [5.74, 6) is 0. The van der Waals surface area contributed by atoms with E-state index < -0.39 is 0 Å². The second kappa shape index (κ2) is 4.81. The van der Waals surface area contributed by atoms with Gasteiger partial charge in [-0.05, 0) is 23.9 Å². The standard InChI is InChI=1S/C19H14N2O/c1-3-6-12(2)17-16-15-10-9-13-7-4-5-8-14(13)18(15)22-19(16)21-11-20-17/h3-11H,2H2,1H3/b6-3-. The zero-order valence-corrected chi connectivity index (χ0v) is 12.2. The second-order valence-electron chi connectivity index (χ2n) is 5.19. The summed E-state index contributed by atoms with van der Waals surface area (Å²) >= 11 is 0. The van der Waals surface area contributed by atoms with Crippen LogP contribution >= 0.6 is 0 Å². The van der Waals surface area contributed by atoms with E-state index in [1.165, 1.54) is 6.33 Å². The lowest BCUT2D eigenvalue weighted by molar-refractivity contribution is 0.656. The van der Waals surface area contributed by atoms with Crippen LogP contribution in [-0.2, 0) is 0 Å². The maximum absolute atomic E-state index is 6.02. The van der Waals surface area contributed by atoms with Crippen molar-refractivity contribution in [1.29, 1.82) is 0 Å². The number of rotatable bonds is 2. The number of fused-ring (bicyclic) bond motifs is 5. The van der Waals surface area contributed by atoms with Crippen molar-refractivity contribution in [2.75, 3.05) is 0 Å². The van der Waals surface area contributed by atoms with E-state index in [1.807, 2.05) is 31.2 Å². The Morgan fingerprint density at radius 2 is 1.95 bits per heavy atom. The molecule has 0 unspecified atom stereocenters. The van der Waals surface area contributed by atoms with Gasteiger partial charge in [-0.25, -0.2) is 9.97 Å². The molecule has 22 heavy (non-hydrogen) atoms. The van der Waals surface area contributed by atoms with Crippen LogP contribution in [0.15, 0.2) is 65.9 Å². The molecule has 0 aliphatic rings. The van der Waals surface area contributed by atoms with Crippen LogP contribution in [0.2, 0.25) is 0 Å². The minimum absolute atomic E-state index is 0.599. The summed E-state index contributed by atoms with van der Waals surface area (Å²) in [5.41, 5.74) is 3.12. The highest BCUT2D eigenvalue weighted by Crippen LogP contribution is 2.35. The maximum atomic E-state index is 6.02. The molecule has 3 nitrogen and oxygen atoms in total. The Kier molecular flexibility index (Phi) is 2.79. The summed E-state index contributed by atoms with van der Waals surface area (Å²) < 4.78 is 6.02. The van der Waals surface area contributed by atoms with Crippen molar-refractivity contribution in [3.63, 3.8) is 0 Å². The molecule has 2 aromatic heterocycles. The molecule has 3 heteroatoms. The molecule has 0 N–H and O–H groups in total. The molecule has 0 spiro atoms. The van der Waals surface area contributed by atoms with Gasteiger partial charge >= 0.3 is 0 Å². The third-order valence-corrected chi connectivity index (χ3v) is 3.83. The molecule has 0 bridgehead atoms. The predicted octanol–water partition coefficient (Wildman–Crippen LogP) is 5.12. The van der Waals surface area contributed by atoms with Gasteiger partial charge in [0.1, 0.15) is 11.9 Å². The minimum Gasteiger partial charge on any atom is -0.437 e. The number of allylic oxidation sites excluding steroid dienone is 3. The van der Waals surface area contributed by atoms with Crippen molar-refractivity contribution >= 4 is 38.4 Å². The Hall–Kier alpha value is -2.94. The molecule has 0 aliphatic carbocycles. The number of nitrogens with zero attached hydrogens (tertiary/aromatic N) is 2. The van der Waals surface area contributed by atoms with E-state index in [0.717, 1.165) is 38.4 Å². The van der Waals surface area contributed by atoms with E-state index in [-0.39, 0.29) is 0 Å². The normalized spacial score (nSPS) is 11.9. The molecular formula is C19H14N2O. The van der Waals surface area contributed by atoms with Crippen molar-refractivity contribution in [2.45, 2.75) is 6.92 Å². The monoisotopic (exact) mass is 286 g/mol. The molecule has 0 atom stereocenters. The molecule has 4 aromatic rings. The summed E-state index contributed by atoms with van der Waals surface area (Å²) in [4.78, 5) is 8.69. The second-order valence-corrected chi connectivity index (χ2v) is 5.19. The van der Waals surface area contributed by atoms with Gasteiger partial charge in [-0.3, -0.25) is 0 Å². The average molecular weight is 286 g/mol. The van der Waals surface area contributed by atoms with Crippen LogP contribution in [0.4, 0.5) is 0 Å². The first-order chi connectivity index (χ1) is 10.8. The Bertz CT molecular complexity index is 1060. The van der Waals surface area contributed by atoms with Gasteiger partial charge in [-0.2, -0.15) is 0 Å². The minimum atomic E-state index is 0.599. The SMILES string of the molecule is C=C(/C=C\C)c1ncnc2oc3c4ccccc4ccc3c12. The van der Waals surface area contributed by atoms with Crippen molar-refractivity contribution in [2.24, 2.45) is 0 Å². The van der Waals surface area contributed by atoms with Gasteiger partial charge in [0.15, 0.2) is 0 Å². The quantitative estimate of drug-likeness (QED) is 0.480. The zero-order valence-electron chi connectivity index (χ0n) is 12.2. The molecule has 4 rings (SSSR count). The number of furan rings is 1. The lowest BCUT2D eigenvalue weighted by Crippen LogP contribution is -1.88. The van der Waals surface area contributed by atoms with Crippen LogP contribution in [0, 0.1) is 0 Å². The fraction of sp³-hybridized carbons (Fsp3) is 0.0526. The molecule has 2 heterocycles. The molecular weight excluding hydrogens is 272 g/mol. The van der Waals surface area contributed by atoms with E-state index >= 15 is 0 Å². The van der Waals surface area contributed by atoms with E-state index in [9.17, 15) is 0 Å². The first-order valence-corrected chi connectivity index (χ1v) is 7.16. The van der Waals surface area contributed by atoms with Crippen molar-refractivity contribution in [3.8, 4) is 0 Å². The Labute approximate surface area is 127 Å². The maximum Gasteiger partial charge on any atom is 0.231 e. The number of hydrogen-bond donors (Lipinski definition) is 0. The van der Waals surface area contributed by atoms with Crippen LogP contribution < -0.4 is 0 Å². The number of benzene rings is 2. The lowest BCUT2D eigenvalue weighted by atomic mass is 10.0. The summed E-state index contributed by atoms with van der Waals surface area (Å²) in [7, 11) is 0. The highest BCUT2D eigenvalue weighted by Gasteiger charge is 2.15. The first-order valence-electron chi connectivity index (χ1n) is 7.16. The third kappa shape index (κ3) is 1.76. The molecule has 106 valence electrons. The van der Waals surface area contributed by atoms with Crippen LogP contribution in [-0.4, -0.2) is 9.97 Å². The molecule has 0 fully saturated rings. The van der Waals surface area contributed by atoms with Crippen LogP contribution in [0.25, 0.3) is 38.4 Å². The zero-order chi connectivity index (χ0) is 15.1. The van der Waals surface area contributed by atoms with Gasteiger partial charge < -0.3 is 4.42 Å². The summed E-state index contributed by atoms with van der Waals surface area (Å²) in [6, 6.07) is 12.3. The van der Waals surface area contributed by atoms with E-state index in [1.54, 1.807) is 0 Å². The van der Waals surface area contributed by atoms with E-state index in [2.05, 4.69) is 40.8 Å². The van der Waals surface area contributed by atoms with E-state index in [4.69, 9.17) is 4.42 Å². The Morgan fingerprint density at radius 3 is 2.82 bits per heavy atom. The van der Waals surface area contributed by atoms with Crippen molar-refractivity contribution < 1.29 is 4.42 Å². The molecule has 0 aliphatic heterocycles. The number of hydrogen-bond acceptors (Lipinski definition) is 3. The predicted molar refractivity (Wildman–Crippen MR) is 90.7 cm³/mol. The van der Waals surface area contributed by atoms with E-state index in [0.29, 0.717) is 5.71 Å². The molecule has 0 radical (unpaired) electrons. The highest BCUT2D eigenvalue weighted by atomic mass is 16.3. The summed E-state index contributed by atoms with van der Waals surface area (Å²) in [5, 5.41) is 4.18. The fourth-order valence-corrected chi connectivity index (χ4v) is 2.86. The van der Waals surface area contributed by atoms with Crippen LogP contribution in [0.5, 0.6) is 0 Å². The van der Waals surface area contributed by atoms with Gasteiger partial charge in [0.25, 0.3) is 0 Å². The average Bonchev–Trinajstić information content (AvgIpc) is 2.94. The molecule has 0 saturated heterocycles. The first kappa shape index (κ1) is 12.8. The van der Waals surface area contributed by atoms with Gasteiger partial charge in [0.2, 0.25) is 5.71 Å². The van der Waals surface area contributed by atoms with Gasteiger partial charge in [0.05, 0.1) is 11.1 Å². The largest absolute Gasteiger partial charge is 0.437 e. The highest BCUT2D eigenvalue weighted by molar-refractivity contribution is 6.16. The van der Waals surface area contributed by atoms with Crippen LogP contribution in [0.3, 0.4) is 0 Å². The Balaban J connectivity index is 2.17. The topological polar surface area (TPSA) is 38.9 Å². The molecule has 2 aromatic carbocycles. The van der Waals surface area contributed by atoms with Gasteiger partial charge in [0, 0.05) is 10.8 Å². The van der Waals surface area contributed by atoms with Crippen molar-refractivity contribution in [1.82, 2.24) is 9.97 Å². The fourth-order valence-electron chi connectivity index (χ4n) is 2.86.